The van der Waals surface area contributed by atoms with Crippen LogP contribution in [0.5, 0.6) is 5.75 Å². The van der Waals surface area contributed by atoms with E-state index in [0.717, 1.165) is 19.3 Å². The number of rotatable bonds is 5. The van der Waals surface area contributed by atoms with Gasteiger partial charge in [0.1, 0.15) is 11.4 Å². The van der Waals surface area contributed by atoms with Gasteiger partial charge in [0.05, 0.1) is 12.2 Å². The van der Waals surface area contributed by atoms with Crippen LogP contribution in [0.4, 0.5) is 0 Å². The van der Waals surface area contributed by atoms with Crippen LogP contribution in [0.1, 0.15) is 49.9 Å². The first-order valence-electron chi connectivity index (χ1n) is 7.44. The summed E-state index contributed by atoms with van der Waals surface area (Å²) in [4.78, 5) is 13.0. The van der Waals surface area contributed by atoms with E-state index in [1.165, 1.54) is 6.42 Å². The van der Waals surface area contributed by atoms with Crippen molar-refractivity contribution in [2.45, 2.75) is 45.1 Å². The number of ether oxygens (including phenoxy) is 2. The van der Waals surface area contributed by atoms with Gasteiger partial charge < -0.3 is 9.47 Å². The Morgan fingerprint density at radius 1 is 1.40 bits per heavy atom. The van der Waals surface area contributed by atoms with E-state index in [-0.39, 0.29) is 5.78 Å². The molecule has 20 heavy (non-hydrogen) atoms. The summed E-state index contributed by atoms with van der Waals surface area (Å²) in [5.74, 6) is 1.25. The molecule has 3 heteroatoms. The standard InChI is InChI=1S/C17H24O3/c1-4-20-15-10-6-5-9-14(15)16(18)17(19-3)11-7-8-13(2)12-17/h5-6,9-10,13H,4,7-8,11-12H2,1-3H3. The van der Waals surface area contributed by atoms with Gasteiger partial charge in [0.2, 0.25) is 0 Å². The van der Waals surface area contributed by atoms with Crippen LogP contribution < -0.4 is 4.74 Å². The first-order chi connectivity index (χ1) is 9.63. The Morgan fingerprint density at radius 3 is 2.80 bits per heavy atom. The van der Waals surface area contributed by atoms with Gasteiger partial charge in [-0.2, -0.15) is 0 Å². The second-order valence-corrected chi connectivity index (χ2v) is 5.66. The smallest absolute Gasteiger partial charge is 0.198 e. The summed E-state index contributed by atoms with van der Waals surface area (Å²) in [6, 6.07) is 7.47. The van der Waals surface area contributed by atoms with Crippen LogP contribution in [0.25, 0.3) is 0 Å². The monoisotopic (exact) mass is 276 g/mol. The number of ketones is 1. The molecule has 1 saturated carbocycles. The summed E-state index contributed by atoms with van der Waals surface area (Å²) >= 11 is 0. The molecule has 1 aromatic rings. The molecule has 0 saturated heterocycles. The van der Waals surface area contributed by atoms with E-state index in [2.05, 4.69) is 6.92 Å². The first-order valence-corrected chi connectivity index (χ1v) is 7.44. The lowest BCUT2D eigenvalue weighted by molar-refractivity contribution is -0.0304. The zero-order valence-corrected chi connectivity index (χ0v) is 12.6. The average Bonchev–Trinajstić information content (AvgIpc) is 2.47. The molecule has 0 aliphatic heterocycles. The third-order valence-electron chi connectivity index (χ3n) is 4.19. The fourth-order valence-corrected chi connectivity index (χ4v) is 3.17. The summed E-state index contributed by atoms with van der Waals surface area (Å²) in [6.45, 7) is 4.67. The van der Waals surface area contributed by atoms with E-state index < -0.39 is 5.60 Å². The molecule has 0 heterocycles. The van der Waals surface area contributed by atoms with E-state index in [9.17, 15) is 4.79 Å². The predicted molar refractivity (Wildman–Crippen MR) is 79.3 cm³/mol. The molecule has 0 aromatic heterocycles. The average molecular weight is 276 g/mol. The van der Waals surface area contributed by atoms with Crippen molar-refractivity contribution in [3.05, 3.63) is 29.8 Å². The number of hydrogen-bond acceptors (Lipinski definition) is 3. The largest absolute Gasteiger partial charge is 0.493 e. The minimum atomic E-state index is -0.676. The Morgan fingerprint density at radius 2 is 2.15 bits per heavy atom. The number of carbonyl (C=O) groups excluding carboxylic acids is 1. The van der Waals surface area contributed by atoms with Crippen molar-refractivity contribution in [3.8, 4) is 5.75 Å². The Balaban J connectivity index is 2.33. The Labute approximate surface area is 121 Å². The summed E-state index contributed by atoms with van der Waals surface area (Å²) in [7, 11) is 1.65. The highest BCUT2D eigenvalue weighted by atomic mass is 16.5. The number of hydrogen-bond donors (Lipinski definition) is 0. The maximum absolute atomic E-state index is 13.0. The molecular weight excluding hydrogens is 252 g/mol. The fourth-order valence-electron chi connectivity index (χ4n) is 3.17. The van der Waals surface area contributed by atoms with Crippen molar-refractivity contribution in [1.82, 2.24) is 0 Å². The first kappa shape index (κ1) is 15.0. The van der Waals surface area contributed by atoms with Crippen molar-refractivity contribution in [3.63, 3.8) is 0 Å². The fraction of sp³-hybridized carbons (Fsp3) is 0.588. The van der Waals surface area contributed by atoms with Crippen molar-refractivity contribution >= 4 is 5.78 Å². The highest BCUT2D eigenvalue weighted by Gasteiger charge is 2.43. The maximum Gasteiger partial charge on any atom is 0.198 e. The summed E-state index contributed by atoms with van der Waals surface area (Å²) in [6.07, 6.45) is 3.80. The van der Waals surface area contributed by atoms with Crippen molar-refractivity contribution < 1.29 is 14.3 Å². The van der Waals surface area contributed by atoms with Gasteiger partial charge in [-0.15, -0.1) is 0 Å². The van der Waals surface area contributed by atoms with Gasteiger partial charge >= 0.3 is 0 Å². The lowest BCUT2D eigenvalue weighted by Gasteiger charge is -2.37. The van der Waals surface area contributed by atoms with Crippen LogP contribution in [0.2, 0.25) is 0 Å². The molecule has 2 rings (SSSR count). The Hall–Kier alpha value is -1.35. The number of benzene rings is 1. The molecule has 0 amide bonds. The summed E-state index contributed by atoms with van der Waals surface area (Å²) in [5, 5.41) is 0. The number of carbonyl (C=O) groups is 1. The maximum atomic E-state index is 13.0. The quantitative estimate of drug-likeness (QED) is 0.766. The molecule has 110 valence electrons. The van der Waals surface area contributed by atoms with Crippen LogP contribution >= 0.6 is 0 Å². The Bertz CT molecular complexity index is 469. The van der Waals surface area contributed by atoms with E-state index in [4.69, 9.17) is 9.47 Å². The molecule has 2 atom stereocenters. The molecule has 1 aliphatic rings. The van der Waals surface area contributed by atoms with Crippen LogP contribution in [0, 0.1) is 5.92 Å². The molecule has 0 spiro atoms. The highest BCUT2D eigenvalue weighted by molar-refractivity contribution is 6.04. The van der Waals surface area contributed by atoms with Crippen LogP contribution in [-0.2, 0) is 4.74 Å². The predicted octanol–water partition coefficient (Wildman–Crippen LogP) is 3.86. The zero-order valence-electron chi connectivity index (χ0n) is 12.6. The van der Waals surface area contributed by atoms with E-state index in [1.807, 2.05) is 31.2 Å². The van der Waals surface area contributed by atoms with E-state index >= 15 is 0 Å². The van der Waals surface area contributed by atoms with Gasteiger partial charge in [-0.25, -0.2) is 0 Å². The number of Topliss-reactive ketones (excluding diaryl/α,β-unsaturated/α-hetero) is 1. The molecule has 1 fully saturated rings. The van der Waals surface area contributed by atoms with Crippen molar-refractivity contribution in [2.75, 3.05) is 13.7 Å². The lowest BCUT2D eigenvalue weighted by atomic mass is 9.74. The number of para-hydroxylation sites is 1. The van der Waals surface area contributed by atoms with Crippen molar-refractivity contribution in [1.29, 1.82) is 0 Å². The van der Waals surface area contributed by atoms with Crippen LogP contribution in [0.15, 0.2) is 24.3 Å². The Kier molecular flexibility index (Phi) is 4.81. The van der Waals surface area contributed by atoms with Gasteiger partial charge in [0, 0.05) is 7.11 Å². The molecular formula is C17H24O3. The van der Waals surface area contributed by atoms with Gasteiger partial charge in [-0.1, -0.05) is 25.5 Å². The summed E-state index contributed by atoms with van der Waals surface area (Å²) < 4.78 is 11.3. The zero-order chi connectivity index (χ0) is 14.6. The highest BCUT2D eigenvalue weighted by Crippen LogP contribution is 2.38. The molecule has 1 aliphatic carbocycles. The molecule has 2 unspecified atom stereocenters. The third-order valence-corrected chi connectivity index (χ3v) is 4.19. The third kappa shape index (κ3) is 2.88. The normalized spacial score (nSPS) is 26.2. The number of methoxy groups -OCH3 is 1. The van der Waals surface area contributed by atoms with Crippen LogP contribution in [-0.4, -0.2) is 25.1 Å². The SMILES string of the molecule is CCOc1ccccc1C(=O)C1(OC)CCCC(C)C1. The second kappa shape index (κ2) is 6.40. The van der Waals surface area contributed by atoms with Gasteiger partial charge in [0.25, 0.3) is 0 Å². The van der Waals surface area contributed by atoms with Crippen molar-refractivity contribution in [2.24, 2.45) is 5.92 Å². The molecule has 3 nitrogen and oxygen atoms in total. The molecule has 0 N–H and O–H groups in total. The van der Waals surface area contributed by atoms with Crippen LogP contribution in [0.3, 0.4) is 0 Å². The van der Waals surface area contributed by atoms with E-state index in [0.29, 0.717) is 23.8 Å². The van der Waals surface area contributed by atoms with Gasteiger partial charge in [0.15, 0.2) is 5.78 Å². The van der Waals surface area contributed by atoms with Gasteiger partial charge in [-0.05, 0) is 44.2 Å². The lowest BCUT2D eigenvalue weighted by Crippen LogP contribution is -2.44. The second-order valence-electron chi connectivity index (χ2n) is 5.66. The minimum Gasteiger partial charge on any atom is -0.493 e. The topological polar surface area (TPSA) is 35.5 Å². The minimum absolute atomic E-state index is 0.0654. The molecule has 0 radical (unpaired) electrons. The summed E-state index contributed by atoms with van der Waals surface area (Å²) in [5.41, 5.74) is -0.0319. The molecule has 0 bridgehead atoms. The van der Waals surface area contributed by atoms with Gasteiger partial charge in [-0.3, -0.25) is 4.79 Å². The van der Waals surface area contributed by atoms with E-state index in [1.54, 1.807) is 7.11 Å². The molecule has 1 aromatic carbocycles.